The number of amides is 2. The summed E-state index contributed by atoms with van der Waals surface area (Å²) in [4.78, 5) is 27.4. The van der Waals surface area contributed by atoms with Gasteiger partial charge in [-0.1, -0.05) is 0 Å². The highest BCUT2D eigenvalue weighted by Crippen LogP contribution is 2.20. The van der Waals surface area contributed by atoms with E-state index in [4.69, 9.17) is 5.73 Å². The number of carbonyl (C=O) groups is 2. The Balaban J connectivity index is 1.91. The Morgan fingerprint density at radius 1 is 1.28 bits per heavy atom. The van der Waals surface area contributed by atoms with E-state index >= 15 is 0 Å². The van der Waals surface area contributed by atoms with Gasteiger partial charge in [0.05, 0.1) is 6.54 Å². The van der Waals surface area contributed by atoms with E-state index in [9.17, 15) is 9.59 Å². The lowest BCUT2D eigenvalue weighted by atomic mass is 9.99. The number of hydrogen-bond acceptors (Lipinski definition) is 3. The molecular weight excluding hydrogens is 230 g/mol. The van der Waals surface area contributed by atoms with Crippen molar-refractivity contribution in [2.24, 2.45) is 5.73 Å². The Bertz CT molecular complexity index is 317. The Kier molecular flexibility index (Phi) is 4.58. The fraction of sp³-hybridized carbons (Fsp3) is 0.846. The van der Waals surface area contributed by atoms with E-state index in [2.05, 4.69) is 0 Å². The van der Waals surface area contributed by atoms with Gasteiger partial charge in [0.2, 0.25) is 11.8 Å². The van der Waals surface area contributed by atoms with Gasteiger partial charge in [-0.05, 0) is 38.6 Å². The molecule has 102 valence electrons. The van der Waals surface area contributed by atoms with Crippen molar-refractivity contribution < 1.29 is 9.59 Å². The first-order valence-electron chi connectivity index (χ1n) is 6.99. The third-order valence-corrected chi connectivity index (χ3v) is 3.94. The maximum Gasteiger partial charge on any atom is 0.242 e. The second-order valence-electron chi connectivity index (χ2n) is 5.23. The highest BCUT2D eigenvalue weighted by molar-refractivity contribution is 5.86. The SMILES string of the molecule is NCCC1CCCCN1C(=O)CN1CCCC1=O. The molecule has 2 amide bonds. The molecule has 0 aromatic rings. The first-order valence-corrected chi connectivity index (χ1v) is 6.99. The van der Waals surface area contributed by atoms with Gasteiger partial charge in [0, 0.05) is 25.6 Å². The Hall–Kier alpha value is -1.10. The summed E-state index contributed by atoms with van der Waals surface area (Å²) in [6.45, 7) is 2.45. The zero-order valence-electron chi connectivity index (χ0n) is 10.9. The lowest BCUT2D eigenvalue weighted by Crippen LogP contribution is -2.48. The molecule has 1 atom stereocenters. The van der Waals surface area contributed by atoms with E-state index in [1.165, 1.54) is 6.42 Å². The first-order chi connectivity index (χ1) is 8.72. The molecule has 0 saturated carbocycles. The molecule has 1 unspecified atom stereocenters. The summed E-state index contributed by atoms with van der Waals surface area (Å²) in [6, 6.07) is 0.286. The summed E-state index contributed by atoms with van der Waals surface area (Å²) in [7, 11) is 0. The molecule has 0 radical (unpaired) electrons. The van der Waals surface area contributed by atoms with Crippen LogP contribution in [0.25, 0.3) is 0 Å². The molecule has 2 rings (SSSR count). The van der Waals surface area contributed by atoms with Gasteiger partial charge in [-0.2, -0.15) is 0 Å². The van der Waals surface area contributed by atoms with Crippen molar-refractivity contribution in [1.29, 1.82) is 0 Å². The van der Waals surface area contributed by atoms with Crippen molar-refractivity contribution in [3.8, 4) is 0 Å². The molecule has 0 spiro atoms. The fourth-order valence-electron chi connectivity index (χ4n) is 2.95. The lowest BCUT2D eigenvalue weighted by molar-refractivity contribution is -0.141. The molecule has 2 saturated heterocycles. The molecule has 0 aliphatic carbocycles. The third kappa shape index (κ3) is 3.02. The number of likely N-dealkylation sites (tertiary alicyclic amines) is 2. The van der Waals surface area contributed by atoms with Crippen LogP contribution in [0.5, 0.6) is 0 Å². The van der Waals surface area contributed by atoms with E-state index in [-0.39, 0.29) is 24.4 Å². The molecule has 5 heteroatoms. The van der Waals surface area contributed by atoms with Crippen molar-refractivity contribution in [3.05, 3.63) is 0 Å². The number of piperidine rings is 1. The van der Waals surface area contributed by atoms with Gasteiger partial charge >= 0.3 is 0 Å². The van der Waals surface area contributed by atoms with Gasteiger partial charge in [-0.25, -0.2) is 0 Å². The third-order valence-electron chi connectivity index (χ3n) is 3.94. The molecule has 2 fully saturated rings. The average molecular weight is 253 g/mol. The predicted octanol–water partition coefficient (Wildman–Crippen LogP) is 0.339. The summed E-state index contributed by atoms with van der Waals surface area (Å²) in [6.07, 6.45) is 5.66. The van der Waals surface area contributed by atoms with Gasteiger partial charge < -0.3 is 15.5 Å². The monoisotopic (exact) mass is 253 g/mol. The summed E-state index contributed by atoms with van der Waals surface area (Å²) in [5.41, 5.74) is 5.60. The van der Waals surface area contributed by atoms with Crippen LogP contribution in [0.2, 0.25) is 0 Å². The van der Waals surface area contributed by atoms with E-state index in [1.807, 2.05) is 4.90 Å². The topological polar surface area (TPSA) is 66.6 Å². The Morgan fingerprint density at radius 3 is 2.78 bits per heavy atom. The highest BCUT2D eigenvalue weighted by Gasteiger charge is 2.29. The molecule has 5 nitrogen and oxygen atoms in total. The molecule has 0 aromatic heterocycles. The predicted molar refractivity (Wildman–Crippen MR) is 68.8 cm³/mol. The molecule has 0 aromatic carbocycles. The van der Waals surface area contributed by atoms with Gasteiger partial charge in [0.15, 0.2) is 0 Å². The van der Waals surface area contributed by atoms with Crippen LogP contribution < -0.4 is 5.73 Å². The van der Waals surface area contributed by atoms with Gasteiger partial charge in [0.1, 0.15) is 0 Å². The smallest absolute Gasteiger partial charge is 0.242 e. The fourth-order valence-corrected chi connectivity index (χ4v) is 2.95. The minimum atomic E-state index is 0.100. The van der Waals surface area contributed by atoms with Crippen molar-refractivity contribution in [1.82, 2.24) is 9.80 Å². The summed E-state index contributed by atoms with van der Waals surface area (Å²) < 4.78 is 0. The van der Waals surface area contributed by atoms with Crippen LogP contribution in [0.15, 0.2) is 0 Å². The van der Waals surface area contributed by atoms with Crippen LogP contribution in [0.4, 0.5) is 0 Å². The lowest BCUT2D eigenvalue weighted by Gasteiger charge is -2.36. The van der Waals surface area contributed by atoms with E-state index in [0.717, 1.165) is 38.8 Å². The van der Waals surface area contributed by atoms with Gasteiger partial charge in [-0.15, -0.1) is 0 Å². The van der Waals surface area contributed by atoms with Crippen molar-refractivity contribution in [3.63, 3.8) is 0 Å². The summed E-state index contributed by atoms with van der Waals surface area (Å²) >= 11 is 0. The zero-order chi connectivity index (χ0) is 13.0. The zero-order valence-corrected chi connectivity index (χ0v) is 10.9. The maximum atomic E-state index is 12.3. The molecular formula is C13H23N3O2. The van der Waals surface area contributed by atoms with Crippen LogP contribution in [-0.4, -0.2) is 53.8 Å². The molecule has 2 aliphatic rings. The molecule has 0 bridgehead atoms. The minimum absolute atomic E-state index is 0.100. The molecule has 2 aliphatic heterocycles. The number of carbonyl (C=O) groups excluding carboxylic acids is 2. The molecule has 18 heavy (non-hydrogen) atoms. The number of hydrogen-bond donors (Lipinski definition) is 1. The number of rotatable bonds is 4. The minimum Gasteiger partial charge on any atom is -0.338 e. The van der Waals surface area contributed by atoms with Crippen molar-refractivity contribution >= 4 is 11.8 Å². The van der Waals surface area contributed by atoms with Crippen LogP contribution >= 0.6 is 0 Å². The molecule has 2 heterocycles. The van der Waals surface area contributed by atoms with Crippen LogP contribution in [0, 0.1) is 0 Å². The van der Waals surface area contributed by atoms with Gasteiger partial charge in [0.25, 0.3) is 0 Å². The van der Waals surface area contributed by atoms with Crippen LogP contribution in [-0.2, 0) is 9.59 Å². The Morgan fingerprint density at radius 2 is 2.11 bits per heavy atom. The quantitative estimate of drug-likeness (QED) is 0.785. The second kappa shape index (κ2) is 6.18. The average Bonchev–Trinajstić information content (AvgIpc) is 2.76. The van der Waals surface area contributed by atoms with Crippen LogP contribution in [0.1, 0.15) is 38.5 Å². The summed E-state index contributed by atoms with van der Waals surface area (Å²) in [5.74, 6) is 0.221. The van der Waals surface area contributed by atoms with Gasteiger partial charge in [-0.3, -0.25) is 9.59 Å². The van der Waals surface area contributed by atoms with Crippen molar-refractivity contribution in [2.45, 2.75) is 44.6 Å². The molecule has 2 N–H and O–H groups in total. The summed E-state index contributed by atoms with van der Waals surface area (Å²) in [5, 5.41) is 0. The standard InChI is InChI=1S/C13H23N3O2/c14-7-6-11-4-1-2-9-16(11)13(18)10-15-8-3-5-12(15)17/h11H,1-10,14H2. The Labute approximate surface area is 108 Å². The van der Waals surface area contributed by atoms with E-state index in [1.54, 1.807) is 4.90 Å². The largest absolute Gasteiger partial charge is 0.338 e. The van der Waals surface area contributed by atoms with E-state index in [0.29, 0.717) is 13.0 Å². The van der Waals surface area contributed by atoms with Crippen molar-refractivity contribution in [2.75, 3.05) is 26.2 Å². The number of nitrogens with two attached hydrogens (primary N) is 1. The number of nitrogens with zero attached hydrogens (tertiary/aromatic N) is 2. The highest BCUT2D eigenvalue weighted by atomic mass is 16.2. The second-order valence-corrected chi connectivity index (χ2v) is 5.23. The first kappa shape index (κ1) is 13.3. The maximum absolute atomic E-state index is 12.3. The van der Waals surface area contributed by atoms with E-state index < -0.39 is 0 Å². The normalized spacial score (nSPS) is 24.7. The van der Waals surface area contributed by atoms with Crippen LogP contribution in [0.3, 0.4) is 0 Å².